The lowest BCUT2D eigenvalue weighted by atomic mass is 9.76. The lowest BCUT2D eigenvalue weighted by Gasteiger charge is -2.42. The number of piperidine rings is 2. The number of rotatable bonds is 5. The molecule has 31 heavy (non-hydrogen) atoms. The van der Waals surface area contributed by atoms with Gasteiger partial charge in [-0.2, -0.15) is 5.26 Å². The Kier molecular flexibility index (Phi) is 5.21. The van der Waals surface area contributed by atoms with Crippen molar-refractivity contribution in [2.45, 2.75) is 50.1 Å². The van der Waals surface area contributed by atoms with Gasteiger partial charge in [0.2, 0.25) is 11.8 Å². The predicted molar refractivity (Wildman–Crippen MR) is 118 cm³/mol. The highest BCUT2D eigenvalue weighted by Gasteiger charge is 2.38. The van der Waals surface area contributed by atoms with Crippen molar-refractivity contribution in [3.63, 3.8) is 0 Å². The zero-order chi connectivity index (χ0) is 21.4. The fourth-order valence-corrected chi connectivity index (χ4v) is 5.15. The Morgan fingerprint density at radius 3 is 2.52 bits per heavy atom. The van der Waals surface area contributed by atoms with E-state index in [0.29, 0.717) is 24.9 Å². The van der Waals surface area contributed by atoms with Crippen molar-refractivity contribution in [3.8, 4) is 17.2 Å². The van der Waals surface area contributed by atoms with Crippen LogP contribution < -0.4 is 16.0 Å². The number of nitrogens with one attached hydrogen (secondary N) is 3. The van der Waals surface area contributed by atoms with Crippen LogP contribution in [0, 0.1) is 17.2 Å². The minimum atomic E-state index is -0.391. The van der Waals surface area contributed by atoms with Crippen LogP contribution in [0.15, 0.2) is 42.5 Å². The molecule has 0 spiro atoms. The van der Waals surface area contributed by atoms with Crippen LogP contribution in [0.2, 0.25) is 0 Å². The van der Waals surface area contributed by atoms with E-state index in [2.05, 4.69) is 22.0 Å². The molecule has 2 amide bonds. The molecule has 3 heterocycles. The number of carbonyl (C=O) groups is 2. The smallest absolute Gasteiger partial charge is 0.237 e. The summed E-state index contributed by atoms with van der Waals surface area (Å²) in [4.78, 5) is 24.3. The Morgan fingerprint density at radius 1 is 1.10 bits per heavy atom. The highest BCUT2D eigenvalue weighted by atomic mass is 16.2. The summed E-state index contributed by atoms with van der Waals surface area (Å²) in [5.74, 6) is 0.0733. The molecule has 158 valence electrons. The second kappa shape index (κ2) is 8.16. The first-order valence-electron chi connectivity index (χ1n) is 11.1. The molecule has 3 aliphatic heterocycles. The Morgan fingerprint density at radius 2 is 1.84 bits per heavy atom. The van der Waals surface area contributed by atoms with Gasteiger partial charge >= 0.3 is 0 Å². The molecule has 2 aromatic rings. The summed E-state index contributed by atoms with van der Waals surface area (Å²) in [5, 5.41) is 19.0. The molecule has 2 saturated heterocycles. The fourth-order valence-electron chi connectivity index (χ4n) is 5.15. The van der Waals surface area contributed by atoms with E-state index in [1.165, 1.54) is 0 Å². The lowest BCUT2D eigenvalue weighted by molar-refractivity contribution is -0.126. The minimum Gasteiger partial charge on any atom is -0.353 e. The van der Waals surface area contributed by atoms with Crippen molar-refractivity contribution in [2.24, 2.45) is 5.92 Å². The molecule has 3 fully saturated rings. The van der Waals surface area contributed by atoms with E-state index in [0.717, 1.165) is 53.6 Å². The molecule has 1 unspecified atom stereocenters. The number of amides is 2. The van der Waals surface area contributed by atoms with Crippen molar-refractivity contribution in [3.05, 3.63) is 53.6 Å². The van der Waals surface area contributed by atoms with Gasteiger partial charge in [-0.3, -0.25) is 9.59 Å². The van der Waals surface area contributed by atoms with E-state index < -0.39 is 5.92 Å². The Bertz CT molecular complexity index is 1050. The Labute approximate surface area is 182 Å². The van der Waals surface area contributed by atoms with Crippen LogP contribution in [0.25, 0.3) is 11.1 Å². The summed E-state index contributed by atoms with van der Waals surface area (Å²) < 4.78 is 0. The van der Waals surface area contributed by atoms with E-state index in [9.17, 15) is 14.9 Å². The molecule has 0 radical (unpaired) electrons. The largest absolute Gasteiger partial charge is 0.353 e. The first kappa shape index (κ1) is 19.8. The standard InChI is InChI=1S/C25H26N4O2/c26-13-20(14-27-25(31)24-17-7-9-21(28-24)10-8-17)16-3-1-15(2-4-16)18-5-6-19-12-23(30)29-22(19)11-18/h1-6,11,17,20-21,24,28H,7-10,12,14H2,(H,27,31)(H,29,30)/t17?,20?,21?,24-/m0/s1. The van der Waals surface area contributed by atoms with Crippen molar-refractivity contribution < 1.29 is 9.59 Å². The average molecular weight is 415 g/mol. The monoisotopic (exact) mass is 414 g/mol. The predicted octanol–water partition coefficient (Wildman–Crippen LogP) is 3.10. The average Bonchev–Trinajstić information content (AvgIpc) is 3.19. The zero-order valence-corrected chi connectivity index (χ0v) is 17.4. The topological polar surface area (TPSA) is 94.0 Å². The van der Waals surface area contributed by atoms with Gasteiger partial charge in [-0.25, -0.2) is 0 Å². The number of fused-ring (bicyclic) bond motifs is 4. The zero-order valence-electron chi connectivity index (χ0n) is 17.4. The van der Waals surface area contributed by atoms with Gasteiger partial charge in [0.15, 0.2) is 0 Å². The quantitative estimate of drug-likeness (QED) is 0.701. The fraction of sp³-hybridized carbons (Fsp3) is 0.400. The van der Waals surface area contributed by atoms with Crippen LogP contribution in [0.5, 0.6) is 0 Å². The maximum atomic E-state index is 12.7. The van der Waals surface area contributed by atoms with Gasteiger partial charge < -0.3 is 16.0 Å². The highest BCUT2D eigenvalue weighted by Crippen LogP contribution is 2.33. The van der Waals surface area contributed by atoms with Crippen molar-refractivity contribution in [1.29, 1.82) is 5.26 Å². The van der Waals surface area contributed by atoms with Crippen LogP contribution in [0.4, 0.5) is 5.69 Å². The van der Waals surface area contributed by atoms with E-state index >= 15 is 0 Å². The number of nitriles is 1. The number of nitrogens with zero attached hydrogens (tertiary/aromatic N) is 1. The van der Waals surface area contributed by atoms with Gasteiger partial charge in [-0.15, -0.1) is 0 Å². The summed E-state index contributed by atoms with van der Waals surface area (Å²) in [5.41, 5.74) is 4.82. The number of carbonyl (C=O) groups excluding carboxylic acids is 2. The molecule has 2 bridgehead atoms. The van der Waals surface area contributed by atoms with E-state index in [4.69, 9.17) is 0 Å². The second-order valence-electron chi connectivity index (χ2n) is 8.90. The summed E-state index contributed by atoms with van der Waals surface area (Å²) in [6.45, 7) is 0.315. The SMILES string of the molecule is N#CC(CNC(=O)[C@H]1NC2CCC1CC2)c1ccc(-c2ccc3c(c2)NC(=O)C3)cc1. The van der Waals surface area contributed by atoms with Crippen LogP contribution in [-0.4, -0.2) is 30.4 Å². The van der Waals surface area contributed by atoms with Crippen molar-refractivity contribution in [1.82, 2.24) is 10.6 Å². The van der Waals surface area contributed by atoms with E-state index in [1.807, 2.05) is 42.5 Å². The molecule has 2 atom stereocenters. The molecule has 1 aliphatic carbocycles. The van der Waals surface area contributed by atoms with Gasteiger partial charge in [0.25, 0.3) is 0 Å². The third-order valence-corrected chi connectivity index (χ3v) is 6.96. The first-order valence-corrected chi connectivity index (χ1v) is 11.1. The molecule has 3 N–H and O–H groups in total. The molecule has 2 aromatic carbocycles. The van der Waals surface area contributed by atoms with Gasteiger partial charge in [-0.1, -0.05) is 36.4 Å². The van der Waals surface area contributed by atoms with Crippen LogP contribution in [-0.2, 0) is 16.0 Å². The molecule has 6 rings (SSSR count). The molecule has 6 heteroatoms. The van der Waals surface area contributed by atoms with Crippen molar-refractivity contribution in [2.75, 3.05) is 11.9 Å². The summed E-state index contributed by atoms with van der Waals surface area (Å²) in [6.07, 6.45) is 4.99. The maximum absolute atomic E-state index is 12.7. The summed E-state index contributed by atoms with van der Waals surface area (Å²) in [6, 6.07) is 16.5. The summed E-state index contributed by atoms with van der Waals surface area (Å²) in [7, 11) is 0. The van der Waals surface area contributed by atoms with E-state index in [-0.39, 0.29) is 17.9 Å². The third kappa shape index (κ3) is 3.94. The number of anilines is 1. The first-order chi connectivity index (χ1) is 15.1. The highest BCUT2D eigenvalue weighted by molar-refractivity contribution is 6.00. The second-order valence-corrected chi connectivity index (χ2v) is 8.90. The molecular formula is C25H26N4O2. The molecule has 4 aliphatic rings. The molecule has 0 aromatic heterocycles. The van der Waals surface area contributed by atoms with Crippen LogP contribution in [0.1, 0.15) is 42.7 Å². The van der Waals surface area contributed by atoms with Crippen LogP contribution in [0.3, 0.4) is 0 Å². The van der Waals surface area contributed by atoms with Crippen molar-refractivity contribution >= 4 is 17.5 Å². The molecule has 6 nitrogen and oxygen atoms in total. The third-order valence-electron chi connectivity index (χ3n) is 6.96. The van der Waals surface area contributed by atoms with Crippen LogP contribution >= 0.6 is 0 Å². The summed E-state index contributed by atoms with van der Waals surface area (Å²) >= 11 is 0. The maximum Gasteiger partial charge on any atom is 0.237 e. The molecule has 1 saturated carbocycles. The molecular weight excluding hydrogens is 388 g/mol. The number of hydrogen-bond donors (Lipinski definition) is 3. The Balaban J connectivity index is 1.23. The number of hydrogen-bond acceptors (Lipinski definition) is 4. The van der Waals surface area contributed by atoms with Gasteiger partial charge in [0, 0.05) is 18.3 Å². The van der Waals surface area contributed by atoms with Gasteiger partial charge in [0.1, 0.15) is 0 Å². The normalized spacial score (nSPS) is 24.7. The van der Waals surface area contributed by atoms with Gasteiger partial charge in [0.05, 0.1) is 24.4 Å². The van der Waals surface area contributed by atoms with E-state index in [1.54, 1.807) is 0 Å². The lowest BCUT2D eigenvalue weighted by Crippen LogP contribution is -2.58. The number of benzene rings is 2. The minimum absolute atomic E-state index is 0.0199. The Hall–Kier alpha value is -3.17. The van der Waals surface area contributed by atoms with Gasteiger partial charge in [-0.05, 0) is 59.9 Å².